The van der Waals surface area contributed by atoms with Crippen molar-refractivity contribution in [2.75, 3.05) is 39.8 Å². The van der Waals surface area contributed by atoms with Crippen LogP contribution in [0.5, 0.6) is 0 Å². The minimum absolute atomic E-state index is 0.608. The van der Waals surface area contributed by atoms with E-state index in [1.165, 1.54) is 38.9 Å². The van der Waals surface area contributed by atoms with Gasteiger partial charge in [-0.2, -0.15) is 0 Å². The summed E-state index contributed by atoms with van der Waals surface area (Å²) >= 11 is 0. The average molecular weight is 241 g/mol. The molecule has 1 heterocycles. The summed E-state index contributed by atoms with van der Waals surface area (Å²) in [6.07, 6.45) is 3.99. The Hall–Kier alpha value is -0.120. The lowest BCUT2D eigenvalue weighted by Crippen LogP contribution is -2.43. The highest BCUT2D eigenvalue weighted by Crippen LogP contribution is 2.17. The summed E-state index contributed by atoms with van der Waals surface area (Å²) in [6.45, 7) is 12.8. The Morgan fingerprint density at radius 2 is 2.18 bits per heavy atom. The van der Waals surface area contributed by atoms with Crippen LogP contribution in [-0.2, 0) is 0 Å². The van der Waals surface area contributed by atoms with Gasteiger partial charge in [0, 0.05) is 25.2 Å². The van der Waals surface area contributed by atoms with Crippen LogP contribution in [0.25, 0.3) is 0 Å². The number of likely N-dealkylation sites (tertiary alicyclic amines) is 1. The lowest BCUT2D eigenvalue weighted by atomic mass is 10.2. The molecule has 102 valence electrons. The van der Waals surface area contributed by atoms with Gasteiger partial charge in [-0.1, -0.05) is 13.8 Å². The van der Waals surface area contributed by atoms with Crippen molar-refractivity contribution in [2.24, 2.45) is 0 Å². The molecule has 0 bridgehead atoms. The molecule has 0 spiro atoms. The highest BCUT2D eigenvalue weighted by Gasteiger charge is 2.24. The number of nitrogens with one attached hydrogen (secondary N) is 1. The van der Waals surface area contributed by atoms with Gasteiger partial charge in [0.25, 0.3) is 0 Å². The van der Waals surface area contributed by atoms with Crippen molar-refractivity contribution in [3.63, 3.8) is 0 Å². The Morgan fingerprint density at radius 3 is 2.82 bits per heavy atom. The van der Waals surface area contributed by atoms with Crippen LogP contribution in [0.4, 0.5) is 0 Å². The van der Waals surface area contributed by atoms with Crippen LogP contribution in [0.2, 0.25) is 0 Å². The molecule has 0 saturated carbocycles. The standard InChI is InChI=1S/C14H31N3/c1-5-9-15-13(3)11-16(4)12-14-8-7-10-17(14)6-2/h13-15H,5-12H2,1-4H3. The van der Waals surface area contributed by atoms with Crippen molar-refractivity contribution in [1.29, 1.82) is 0 Å². The van der Waals surface area contributed by atoms with Gasteiger partial charge in [-0.25, -0.2) is 0 Å². The van der Waals surface area contributed by atoms with Crippen molar-refractivity contribution >= 4 is 0 Å². The summed E-state index contributed by atoms with van der Waals surface area (Å²) in [7, 11) is 2.26. The monoisotopic (exact) mass is 241 g/mol. The van der Waals surface area contributed by atoms with Crippen molar-refractivity contribution < 1.29 is 0 Å². The van der Waals surface area contributed by atoms with Gasteiger partial charge in [0.1, 0.15) is 0 Å². The van der Waals surface area contributed by atoms with Crippen LogP contribution in [0.15, 0.2) is 0 Å². The number of rotatable bonds is 8. The highest BCUT2D eigenvalue weighted by molar-refractivity contribution is 4.81. The van der Waals surface area contributed by atoms with Gasteiger partial charge in [0.2, 0.25) is 0 Å². The van der Waals surface area contributed by atoms with Gasteiger partial charge >= 0.3 is 0 Å². The molecule has 1 aliphatic rings. The Labute approximate surface area is 108 Å². The van der Waals surface area contributed by atoms with Crippen LogP contribution in [0.3, 0.4) is 0 Å². The zero-order valence-electron chi connectivity index (χ0n) is 12.2. The van der Waals surface area contributed by atoms with Crippen molar-refractivity contribution in [1.82, 2.24) is 15.1 Å². The molecule has 1 fully saturated rings. The molecule has 0 amide bonds. The van der Waals surface area contributed by atoms with Crippen LogP contribution < -0.4 is 5.32 Å². The second-order valence-corrected chi connectivity index (χ2v) is 5.50. The first-order chi connectivity index (χ1) is 8.17. The van der Waals surface area contributed by atoms with E-state index >= 15 is 0 Å². The van der Waals surface area contributed by atoms with E-state index in [2.05, 4.69) is 42.9 Å². The number of likely N-dealkylation sites (N-methyl/N-ethyl adjacent to an activating group) is 2. The number of hydrogen-bond donors (Lipinski definition) is 1. The largest absolute Gasteiger partial charge is 0.313 e. The van der Waals surface area contributed by atoms with Crippen LogP contribution in [0.1, 0.15) is 40.0 Å². The Balaban J connectivity index is 2.21. The van der Waals surface area contributed by atoms with Gasteiger partial charge in [-0.3, -0.25) is 4.90 Å². The molecule has 0 aromatic rings. The van der Waals surface area contributed by atoms with Crippen molar-refractivity contribution in [3.8, 4) is 0 Å². The molecule has 1 N–H and O–H groups in total. The molecular formula is C14H31N3. The van der Waals surface area contributed by atoms with E-state index in [-0.39, 0.29) is 0 Å². The third-order valence-electron chi connectivity index (χ3n) is 3.76. The minimum atomic E-state index is 0.608. The van der Waals surface area contributed by atoms with E-state index in [9.17, 15) is 0 Å². The van der Waals surface area contributed by atoms with Crippen LogP contribution in [-0.4, -0.2) is 61.7 Å². The molecule has 1 aliphatic heterocycles. The van der Waals surface area contributed by atoms with Crippen molar-refractivity contribution in [2.45, 2.75) is 52.1 Å². The predicted molar refractivity (Wildman–Crippen MR) is 75.5 cm³/mol. The van der Waals surface area contributed by atoms with Gasteiger partial charge < -0.3 is 10.2 Å². The van der Waals surface area contributed by atoms with Crippen LogP contribution in [0, 0.1) is 0 Å². The molecule has 1 saturated heterocycles. The fourth-order valence-corrected chi connectivity index (χ4v) is 2.88. The summed E-state index contributed by atoms with van der Waals surface area (Å²) in [5.41, 5.74) is 0. The molecule has 0 aromatic carbocycles. The molecule has 0 radical (unpaired) electrons. The van der Waals surface area contributed by atoms with E-state index in [4.69, 9.17) is 0 Å². The lowest BCUT2D eigenvalue weighted by molar-refractivity contribution is 0.190. The first-order valence-electron chi connectivity index (χ1n) is 7.33. The summed E-state index contributed by atoms with van der Waals surface area (Å²) in [5, 5.41) is 3.56. The van der Waals surface area contributed by atoms with Crippen molar-refractivity contribution in [3.05, 3.63) is 0 Å². The average Bonchev–Trinajstić information content (AvgIpc) is 2.73. The maximum atomic E-state index is 3.56. The summed E-state index contributed by atoms with van der Waals surface area (Å²) in [6, 6.07) is 1.40. The fourth-order valence-electron chi connectivity index (χ4n) is 2.88. The van der Waals surface area contributed by atoms with Gasteiger partial charge in [-0.05, 0) is 52.9 Å². The molecule has 3 nitrogen and oxygen atoms in total. The van der Waals surface area contributed by atoms with Gasteiger partial charge in [0.05, 0.1) is 0 Å². The topological polar surface area (TPSA) is 18.5 Å². The van der Waals surface area contributed by atoms with E-state index < -0.39 is 0 Å². The second-order valence-electron chi connectivity index (χ2n) is 5.50. The molecule has 0 aliphatic carbocycles. The SMILES string of the molecule is CCCNC(C)CN(C)CC1CCCN1CC. The van der Waals surface area contributed by atoms with Crippen LogP contribution >= 0.6 is 0 Å². The summed E-state index contributed by atoms with van der Waals surface area (Å²) in [4.78, 5) is 5.12. The third kappa shape index (κ3) is 5.36. The van der Waals surface area contributed by atoms with Gasteiger partial charge in [0.15, 0.2) is 0 Å². The highest BCUT2D eigenvalue weighted by atomic mass is 15.2. The minimum Gasteiger partial charge on any atom is -0.313 e. The Bertz CT molecular complexity index is 196. The molecule has 0 aromatic heterocycles. The zero-order chi connectivity index (χ0) is 12.7. The Morgan fingerprint density at radius 1 is 1.41 bits per heavy atom. The Kier molecular flexibility index (Phi) is 7.09. The van der Waals surface area contributed by atoms with E-state index in [0.717, 1.165) is 19.1 Å². The quantitative estimate of drug-likeness (QED) is 0.699. The zero-order valence-corrected chi connectivity index (χ0v) is 12.2. The molecule has 2 unspecified atom stereocenters. The smallest absolute Gasteiger partial charge is 0.0223 e. The normalized spacial score (nSPS) is 23.5. The van der Waals surface area contributed by atoms with E-state index in [1.54, 1.807) is 0 Å². The maximum absolute atomic E-state index is 3.56. The fraction of sp³-hybridized carbons (Fsp3) is 1.00. The predicted octanol–water partition coefficient (Wildman–Crippen LogP) is 1.79. The second kappa shape index (κ2) is 8.06. The third-order valence-corrected chi connectivity index (χ3v) is 3.76. The molecule has 3 heteroatoms. The molecule has 17 heavy (non-hydrogen) atoms. The lowest BCUT2D eigenvalue weighted by Gasteiger charge is -2.29. The van der Waals surface area contributed by atoms with E-state index in [0.29, 0.717) is 6.04 Å². The first-order valence-corrected chi connectivity index (χ1v) is 7.33. The first kappa shape index (κ1) is 14.9. The molecule has 2 atom stereocenters. The molecular weight excluding hydrogens is 210 g/mol. The summed E-state index contributed by atoms with van der Waals surface area (Å²) in [5.74, 6) is 0. The molecule has 1 rings (SSSR count). The summed E-state index contributed by atoms with van der Waals surface area (Å²) < 4.78 is 0. The maximum Gasteiger partial charge on any atom is 0.0223 e. The number of nitrogens with zero attached hydrogens (tertiary/aromatic N) is 2. The van der Waals surface area contributed by atoms with Gasteiger partial charge in [-0.15, -0.1) is 0 Å². The van der Waals surface area contributed by atoms with E-state index in [1.807, 2.05) is 0 Å². The number of hydrogen-bond acceptors (Lipinski definition) is 3.